The first-order valence-electron chi connectivity index (χ1n) is 6.74. The predicted octanol–water partition coefficient (Wildman–Crippen LogP) is 7.33. The minimum atomic E-state index is 0.582. The summed E-state index contributed by atoms with van der Waals surface area (Å²) in [6, 6.07) is 0. The summed E-state index contributed by atoms with van der Waals surface area (Å²) in [7, 11) is 0. The van der Waals surface area contributed by atoms with E-state index in [1.165, 1.54) is 26.8 Å². The quantitative estimate of drug-likeness (QED) is 0.301. The molecule has 0 saturated carbocycles. The van der Waals surface area contributed by atoms with Gasteiger partial charge in [0.2, 0.25) is 0 Å². The number of allylic oxidation sites excluding steroid dienone is 2. The van der Waals surface area contributed by atoms with Gasteiger partial charge in [0.1, 0.15) is 0 Å². The molecule has 0 N–H and O–H groups in total. The van der Waals surface area contributed by atoms with Crippen molar-refractivity contribution in [2.45, 2.75) is 13.8 Å². The van der Waals surface area contributed by atoms with E-state index in [-0.39, 0.29) is 0 Å². The first kappa shape index (κ1) is 19.8. The molecule has 0 unspecified atom stereocenters. The number of hydrogen-bond acceptors (Lipinski definition) is 8. The zero-order chi connectivity index (χ0) is 16.8. The summed E-state index contributed by atoms with van der Waals surface area (Å²) >= 11 is 17.2. The van der Waals surface area contributed by atoms with Crippen LogP contribution in [0.15, 0.2) is 42.0 Å². The Hall–Kier alpha value is 2.54. The summed E-state index contributed by atoms with van der Waals surface area (Å²) in [4.78, 5) is 2.94. The Balaban J connectivity index is 1.45. The van der Waals surface area contributed by atoms with Gasteiger partial charge in [-0.3, -0.25) is 0 Å². The van der Waals surface area contributed by atoms with Gasteiger partial charge in [-0.1, -0.05) is 0 Å². The van der Waals surface area contributed by atoms with Gasteiger partial charge in [0, 0.05) is 0 Å². The molecule has 24 heavy (non-hydrogen) atoms. The summed E-state index contributed by atoms with van der Waals surface area (Å²) in [5.41, 5.74) is 0. The van der Waals surface area contributed by atoms with Crippen LogP contribution in [0.2, 0.25) is 0 Å². The van der Waals surface area contributed by atoms with Crippen LogP contribution in [0.25, 0.3) is 0 Å². The SMILES string of the molecule is CSC1=C(SC)[Se]C(=C2SC3=C(SC(=C4SC(C)=C(C)S4)S3)S2)[Se]1. The van der Waals surface area contributed by atoms with Crippen molar-refractivity contribution in [3.05, 3.63) is 42.0 Å². The van der Waals surface area contributed by atoms with Crippen molar-refractivity contribution in [3.63, 3.8) is 0 Å². The normalized spacial score (nSPS) is 24.5. The Morgan fingerprint density at radius 2 is 0.958 bits per heavy atom. The molecule has 0 saturated heterocycles. The Morgan fingerprint density at radius 1 is 0.583 bits per heavy atom. The van der Waals surface area contributed by atoms with Crippen molar-refractivity contribution in [1.82, 2.24) is 0 Å². The van der Waals surface area contributed by atoms with Crippen LogP contribution >= 0.6 is 94.1 Å². The summed E-state index contributed by atoms with van der Waals surface area (Å²) in [6.07, 6.45) is 4.48. The third-order valence-electron chi connectivity index (χ3n) is 3.14. The molecule has 0 amide bonds. The molecule has 0 aromatic carbocycles. The Bertz CT molecular complexity index is 718. The molecule has 4 aliphatic rings. The zero-order valence-corrected chi connectivity index (χ0v) is 23.0. The molecule has 0 fully saturated rings. The van der Waals surface area contributed by atoms with E-state index in [0.29, 0.717) is 29.9 Å². The van der Waals surface area contributed by atoms with Gasteiger partial charge in [-0.05, 0) is 0 Å². The van der Waals surface area contributed by atoms with E-state index in [0.717, 1.165) is 0 Å². The van der Waals surface area contributed by atoms with Crippen LogP contribution in [0.4, 0.5) is 0 Å². The van der Waals surface area contributed by atoms with Crippen molar-refractivity contribution < 1.29 is 0 Å². The zero-order valence-electron chi connectivity index (χ0n) is 13.1. The molecule has 0 spiro atoms. The van der Waals surface area contributed by atoms with E-state index in [1.54, 1.807) is 15.2 Å². The van der Waals surface area contributed by atoms with Gasteiger partial charge >= 0.3 is 192 Å². The molecule has 4 aliphatic heterocycles. The topological polar surface area (TPSA) is 0 Å². The van der Waals surface area contributed by atoms with Crippen LogP contribution in [0, 0.1) is 0 Å². The van der Waals surface area contributed by atoms with E-state index >= 15 is 0 Å². The minimum absolute atomic E-state index is 0.582. The molecule has 0 radical (unpaired) electrons. The number of rotatable bonds is 2. The number of hydrogen-bond donors (Lipinski definition) is 0. The molecule has 0 aromatic rings. The van der Waals surface area contributed by atoms with Crippen LogP contribution in [0.3, 0.4) is 0 Å². The van der Waals surface area contributed by atoms with Crippen molar-refractivity contribution in [2.75, 3.05) is 12.5 Å². The summed E-state index contributed by atoms with van der Waals surface area (Å²) in [5, 5.41) is 0. The van der Waals surface area contributed by atoms with Gasteiger partial charge in [0.25, 0.3) is 0 Å². The molecule has 4 rings (SSSR count). The second kappa shape index (κ2) is 8.50. The third-order valence-corrected chi connectivity index (χ3v) is 23.7. The maximum atomic E-state index is 2.24. The van der Waals surface area contributed by atoms with E-state index in [2.05, 4.69) is 49.9 Å². The van der Waals surface area contributed by atoms with Gasteiger partial charge in [-0.15, -0.1) is 0 Å². The van der Waals surface area contributed by atoms with Crippen LogP contribution < -0.4 is 0 Å². The van der Waals surface area contributed by atoms with Gasteiger partial charge in [-0.2, -0.15) is 0 Å². The molecule has 10 heteroatoms. The standard InChI is InChI=1S/C14H12S8Se2/c1-5-6(2)18-7(17-5)8-19-9-10(20-8)22-11(21-9)14-23-12(15-3)13(16-4)24-14/h1-4H3. The summed E-state index contributed by atoms with van der Waals surface area (Å²) < 4.78 is 12.8. The van der Waals surface area contributed by atoms with Crippen molar-refractivity contribution in [3.8, 4) is 0 Å². The fourth-order valence-electron chi connectivity index (χ4n) is 1.89. The summed E-state index contributed by atoms with van der Waals surface area (Å²) in [5.74, 6) is 0. The molecule has 0 aliphatic carbocycles. The van der Waals surface area contributed by atoms with Crippen molar-refractivity contribution in [2.24, 2.45) is 0 Å². The van der Waals surface area contributed by atoms with Gasteiger partial charge in [-0.25, -0.2) is 0 Å². The van der Waals surface area contributed by atoms with Crippen LogP contribution in [-0.2, 0) is 0 Å². The molecule has 4 heterocycles. The molecule has 0 atom stereocenters. The van der Waals surface area contributed by atoms with Crippen LogP contribution in [0.1, 0.15) is 13.8 Å². The van der Waals surface area contributed by atoms with Gasteiger partial charge < -0.3 is 0 Å². The molecular weight excluding hydrogens is 583 g/mol. The average molecular weight is 595 g/mol. The Labute approximate surface area is 190 Å². The van der Waals surface area contributed by atoms with Crippen molar-refractivity contribution in [1.29, 1.82) is 0 Å². The first-order chi connectivity index (χ1) is 11.6. The monoisotopic (exact) mass is 596 g/mol. The maximum absolute atomic E-state index is 2.24. The molecule has 0 nitrogen and oxygen atoms in total. The van der Waals surface area contributed by atoms with Gasteiger partial charge in [0.15, 0.2) is 0 Å². The van der Waals surface area contributed by atoms with Crippen LogP contribution in [-0.4, -0.2) is 42.4 Å². The third kappa shape index (κ3) is 3.97. The Morgan fingerprint density at radius 3 is 1.38 bits per heavy atom. The van der Waals surface area contributed by atoms with E-state index < -0.39 is 0 Å². The second-order valence-electron chi connectivity index (χ2n) is 4.64. The number of thioether (sulfide) groups is 8. The van der Waals surface area contributed by atoms with E-state index in [1.807, 2.05) is 70.6 Å². The second-order valence-corrected chi connectivity index (χ2v) is 20.9. The fourth-order valence-corrected chi connectivity index (χ4v) is 22.9. The van der Waals surface area contributed by atoms with Gasteiger partial charge in [0.05, 0.1) is 0 Å². The molecule has 128 valence electrons. The molecular formula is C14H12S8Se2. The van der Waals surface area contributed by atoms with Crippen molar-refractivity contribution >= 4 is 124 Å². The van der Waals surface area contributed by atoms with Crippen LogP contribution in [0.5, 0.6) is 0 Å². The molecule has 0 bridgehead atoms. The average Bonchev–Trinajstić information content (AvgIpc) is 3.29. The molecule has 0 aromatic heterocycles. The predicted molar refractivity (Wildman–Crippen MR) is 131 cm³/mol. The Kier molecular flexibility index (Phi) is 7.02. The van der Waals surface area contributed by atoms with E-state index in [9.17, 15) is 0 Å². The summed E-state index contributed by atoms with van der Waals surface area (Å²) in [6.45, 7) is 4.48. The fraction of sp³-hybridized carbons (Fsp3) is 0.286. The van der Waals surface area contributed by atoms with E-state index in [4.69, 9.17) is 0 Å². The first-order valence-corrected chi connectivity index (χ1v) is 17.5.